The molecule has 8 heteroatoms. The summed E-state index contributed by atoms with van der Waals surface area (Å²) in [5.74, 6) is 2.96. The molecular weight excluding hydrogens is 480 g/mol. The second-order valence-electron chi connectivity index (χ2n) is 10.0. The summed E-state index contributed by atoms with van der Waals surface area (Å²) < 4.78 is 22.6. The monoisotopic (exact) mass is 514 g/mol. The lowest BCUT2D eigenvalue weighted by atomic mass is 9.83. The highest BCUT2D eigenvalue weighted by molar-refractivity contribution is 5.79. The van der Waals surface area contributed by atoms with E-state index in [0.717, 1.165) is 28.0 Å². The van der Waals surface area contributed by atoms with Gasteiger partial charge in [0.05, 0.1) is 20.8 Å². The van der Waals surface area contributed by atoms with Gasteiger partial charge < -0.3 is 18.6 Å². The number of methoxy groups -OCH3 is 2. The third kappa shape index (κ3) is 5.96. The lowest BCUT2D eigenvalue weighted by Crippen LogP contribution is -2.10. The minimum absolute atomic E-state index is 0.205. The van der Waals surface area contributed by atoms with Crippen molar-refractivity contribution < 1.29 is 18.6 Å². The van der Waals surface area contributed by atoms with E-state index in [-0.39, 0.29) is 12.0 Å². The Kier molecular flexibility index (Phi) is 7.86. The van der Waals surface area contributed by atoms with Gasteiger partial charge in [0.2, 0.25) is 5.89 Å². The maximum absolute atomic E-state index is 6.24. The van der Waals surface area contributed by atoms with Crippen LogP contribution in [0.25, 0.3) is 34.6 Å². The Morgan fingerprint density at radius 2 is 1.61 bits per heavy atom. The predicted octanol–water partition coefficient (Wildman–Crippen LogP) is 6.95. The molecule has 0 bridgehead atoms. The molecule has 1 fully saturated rings. The molecule has 38 heavy (non-hydrogen) atoms. The van der Waals surface area contributed by atoms with Crippen molar-refractivity contribution >= 4 is 23.3 Å². The highest BCUT2D eigenvalue weighted by atomic mass is 16.5. The second kappa shape index (κ2) is 11.6. The summed E-state index contributed by atoms with van der Waals surface area (Å²) in [6.07, 6.45) is 10.1. The van der Waals surface area contributed by atoms with Crippen LogP contribution < -0.4 is 14.2 Å². The Morgan fingerprint density at radius 3 is 2.26 bits per heavy atom. The predicted molar refractivity (Wildman–Crippen MR) is 147 cm³/mol. The van der Waals surface area contributed by atoms with Crippen LogP contribution in [0.2, 0.25) is 0 Å². The molecule has 4 aromatic rings. The van der Waals surface area contributed by atoms with Crippen LogP contribution in [0.4, 0.5) is 0 Å². The van der Waals surface area contributed by atoms with Crippen molar-refractivity contribution in [3.63, 3.8) is 0 Å². The van der Waals surface area contributed by atoms with Gasteiger partial charge in [-0.1, -0.05) is 57.4 Å². The summed E-state index contributed by atoms with van der Waals surface area (Å²) in [5.41, 5.74) is 4.70. The average Bonchev–Trinajstić information content (AvgIpc) is 3.36. The van der Waals surface area contributed by atoms with Crippen molar-refractivity contribution in [2.75, 3.05) is 20.8 Å². The fraction of sp³-hybridized carbons (Fsp3) is 0.400. The molecule has 0 spiro atoms. The average molecular weight is 515 g/mol. The molecule has 2 aromatic carbocycles. The van der Waals surface area contributed by atoms with E-state index in [4.69, 9.17) is 23.6 Å². The zero-order valence-electron chi connectivity index (χ0n) is 22.4. The van der Waals surface area contributed by atoms with Gasteiger partial charge >= 0.3 is 12.0 Å². The van der Waals surface area contributed by atoms with E-state index in [0.29, 0.717) is 30.2 Å². The van der Waals surface area contributed by atoms with Crippen LogP contribution in [-0.2, 0) is 0 Å². The Balaban J connectivity index is 1.37. The first kappa shape index (κ1) is 25.7. The molecule has 8 nitrogen and oxygen atoms in total. The van der Waals surface area contributed by atoms with Crippen LogP contribution in [-0.4, -0.2) is 40.8 Å². The standard InChI is InChI=1S/C30H34N4O4/c1-19(2)18-37-25-17-26-24(16-23(25)21-8-6-5-7-9-21)31-27(38-26)15-12-20-10-13-22(14-11-20)28-32-29(35-3)34-30(33-28)36-4/h10-17,19,21H,5-9,18H2,1-4H3. The van der Waals surface area contributed by atoms with Gasteiger partial charge in [-0.3, -0.25) is 0 Å². The Labute approximate surface area is 223 Å². The quantitative estimate of drug-likeness (QED) is 0.237. The van der Waals surface area contributed by atoms with Gasteiger partial charge in [0.25, 0.3) is 0 Å². The molecule has 2 heterocycles. The zero-order chi connectivity index (χ0) is 26.5. The van der Waals surface area contributed by atoms with Crippen LogP contribution in [0.3, 0.4) is 0 Å². The zero-order valence-corrected chi connectivity index (χ0v) is 22.4. The third-order valence-corrected chi connectivity index (χ3v) is 6.70. The van der Waals surface area contributed by atoms with Crippen LogP contribution >= 0.6 is 0 Å². The van der Waals surface area contributed by atoms with E-state index in [1.165, 1.54) is 51.9 Å². The number of nitrogens with zero attached hydrogens (tertiary/aromatic N) is 4. The molecule has 1 aliphatic rings. The van der Waals surface area contributed by atoms with E-state index in [2.05, 4.69) is 34.9 Å². The number of aromatic nitrogens is 4. The molecule has 2 aromatic heterocycles. The summed E-state index contributed by atoms with van der Waals surface area (Å²) in [7, 11) is 3.02. The molecule has 0 atom stereocenters. The van der Waals surface area contributed by atoms with Crippen molar-refractivity contribution in [2.45, 2.75) is 51.9 Å². The molecular formula is C30H34N4O4. The molecule has 0 N–H and O–H groups in total. The highest BCUT2D eigenvalue weighted by Gasteiger charge is 2.22. The third-order valence-electron chi connectivity index (χ3n) is 6.70. The summed E-state index contributed by atoms with van der Waals surface area (Å²) in [6, 6.07) is 12.5. The molecule has 0 radical (unpaired) electrons. The summed E-state index contributed by atoms with van der Waals surface area (Å²) in [4.78, 5) is 17.4. The van der Waals surface area contributed by atoms with E-state index < -0.39 is 0 Å². The summed E-state index contributed by atoms with van der Waals surface area (Å²) in [6.45, 7) is 5.02. The van der Waals surface area contributed by atoms with Crippen molar-refractivity contribution in [1.82, 2.24) is 19.9 Å². The fourth-order valence-corrected chi connectivity index (χ4v) is 4.74. The van der Waals surface area contributed by atoms with Gasteiger partial charge in [0.15, 0.2) is 11.4 Å². The number of fused-ring (bicyclic) bond motifs is 1. The topological polar surface area (TPSA) is 92.4 Å². The van der Waals surface area contributed by atoms with Gasteiger partial charge in [-0.05, 0) is 47.9 Å². The van der Waals surface area contributed by atoms with Gasteiger partial charge in [-0.15, -0.1) is 4.98 Å². The number of ether oxygens (including phenoxy) is 3. The Bertz CT molecular complexity index is 1380. The SMILES string of the molecule is COc1nc(OC)nc(-c2ccc(C=Cc3nc4cc(C5CCCCC5)c(OCC(C)C)cc4o3)cc2)n1. The second-order valence-corrected chi connectivity index (χ2v) is 10.0. The van der Waals surface area contributed by atoms with Crippen LogP contribution in [0.5, 0.6) is 17.8 Å². The fourth-order valence-electron chi connectivity index (χ4n) is 4.74. The van der Waals surface area contributed by atoms with Gasteiger partial charge in [-0.25, -0.2) is 4.98 Å². The minimum atomic E-state index is 0.205. The molecule has 0 aliphatic heterocycles. The molecule has 1 saturated carbocycles. The van der Waals surface area contributed by atoms with Crippen molar-refractivity contribution in [1.29, 1.82) is 0 Å². The number of hydrogen-bond donors (Lipinski definition) is 0. The van der Waals surface area contributed by atoms with Gasteiger partial charge in [-0.2, -0.15) is 9.97 Å². The van der Waals surface area contributed by atoms with Crippen LogP contribution in [0.1, 0.15) is 68.9 Å². The van der Waals surface area contributed by atoms with Gasteiger partial charge in [0, 0.05) is 17.7 Å². The van der Waals surface area contributed by atoms with Crippen molar-refractivity contribution in [3.8, 4) is 29.2 Å². The van der Waals surface area contributed by atoms with E-state index in [9.17, 15) is 0 Å². The van der Waals surface area contributed by atoms with E-state index in [1.807, 2.05) is 42.5 Å². The largest absolute Gasteiger partial charge is 0.493 e. The maximum Gasteiger partial charge on any atom is 0.322 e. The molecule has 0 amide bonds. The molecule has 5 rings (SSSR count). The highest BCUT2D eigenvalue weighted by Crippen LogP contribution is 2.40. The first-order valence-corrected chi connectivity index (χ1v) is 13.2. The number of hydrogen-bond acceptors (Lipinski definition) is 8. The summed E-state index contributed by atoms with van der Waals surface area (Å²) in [5, 5.41) is 0. The Hall–Kier alpha value is -3.94. The van der Waals surface area contributed by atoms with Crippen LogP contribution in [0.15, 0.2) is 40.8 Å². The summed E-state index contributed by atoms with van der Waals surface area (Å²) >= 11 is 0. The molecule has 0 unspecified atom stereocenters. The molecule has 0 saturated heterocycles. The lowest BCUT2D eigenvalue weighted by molar-refractivity contribution is 0.265. The van der Waals surface area contributed by atoms with Gasteiger partial charge in [0.1, 0.15) is 11.3 Å². The number of rotatable bonds is 9. The molecule has 1 aliphatic carbocycles. The van der Waals surface area contributed by atoms with Crippen LogP contribution in [0, 0.1) is 5.92 Å². The van der Waals surface area contributed by atoms with E-state index >= 15 is 0 Å². The van der Waals surface area contributed by atoms with Crippen molar-refractivity contribution in [3.05, 3.63) is 53.4 Å². The maximum atomic E-state index is 6.24. The smallest absolute Gasteiger partial charge is 0.322 e. The number of benzene rings is 2. The normalized spacial score (nSPS) is 14.4. The minimum Gasteiger partial charge on any atom is -0.493 e. The van der Waals surface area contributed by atoms with Crippen molar-refractivity contribution in [2.24, 2.45) is 5.92 Å². The first-order chi connectivity index (χ1) is 18.5. The first-order valence-electron chi connectivity index (χ1n) is 13.2. The lowest BCUT2D eigenvalue weighted by Gasteiger charge is -2.24. The van der Waals surface area contributed by atoms with E-state index in [1.54, 1.807) is 0 Å². The molecule has 198 valence electrons. The Morgan fingerprint density at radius 1 is 0.895 bits per heavy atom. The number of oxazole rings is 1.